The molecule has 0 fully saturated rings. The van der Waals surface area contributed by atoms with Gasteiger partial charge in [-0.15, -0.1) is 0 Å². The molecule has 130 valence electrons. The van der Waals surface area contributed by atoms with Crippen molar-refractivity contribution < 1.29 is 38.1 Å². The van der Waals surface area contributed by atoms with E-state index >= 15 is 0 Å². The van der Waals surface area contributed by atoms with E-state index in [2.05, 4.69) is 0 Å². The van der Waals surface area contributed by atoms with E-state index in [9.17, 15) is 19.6 Å². The van der Waals surface area contributed by atoms with E-state index in [0.29, 0.717) is 0 Å². The lowest BCUT2D eigenvalue weighted by molar-refractivity contribution is -0.189. The summed E-state index contributed by atoms with van der Waals surface area (Å²) in [6, 6.07) is 1.72. The minimum Gasteiger partial charge on any atom is -0.457 e. The normalized spacial score (nSPS) is 15.5. The van der Waals surface area contributed by atoms with E-state index in [1.807, 2.05) is 0 Å². The number of nitriles is 1. The van der Waals surface area contributed by atoms with Crippen LogP contribution in [0.1, 0.15) is 20.8 Å². The quantitative estimate of drug-likeness (QED) is 0.423. The van der Waals surface area contributed by atoms with Crippen LogP contribution in [0.2, 0.25) is 0 Å². The summed E-state index contributed by atoms with van der Waals surface area (Å²) in [6.45, 7) is 3.34. The summed E-state index contributed by atoms with van der Waals surface area (Å²) in [4.78, 5) is 33.7. The molecule has 0 aromatic heterocycles. The van der Waals surface area contributed by atoms with Gasteiger partial charge in [0.15, 0.2) is 12.2 Å². The van der Waals surface area contributed by atoms with Crippen molar-refractivity contribution in [3.8, 4) is 6.07 Å². The molecule has 0 bridgehead atoms. The third-order valence-electron chi connectivity index (χ3n) is 2.63. The molecule has 0 aliphatic rings. The lowest BCUT2D eigenvalue weighted by Crippen LogP contribution is -2.51. The fourth-order valence-electron chi connectivity index (χ4n) is 1.91. The highest BCUT2D eigenvalue weighted by atomic mass is 16.6. The van der Waals surface area contributed by atoms with E-state index in [0.717, 1.165) is 13.8 Å². The van der Waals surface area contributed by atoms with Gasteiger partial charge < -0.3 is 23.7 Å². The zero-order valence-corrected chi connectivity index (χ0v) is 13.7. The zero-order valence-electron chi connectivity index (χ0n) is 13.7. The number of esters is 3. The van der Waals surface area contributed by atoms with Gasteiger partial charge in [-0.1, -0.05) is 0 Å². The standard InChI is InChI=1S/C14H21NO8/c1-8(16)21-11(6-15)14(23-10(3)18)13(20-5)12(7-19-4)22-9(2)17/h11-14H,7H2,1-5H3. The second kappa shape index (κ2) is 10.5. The van der Waals surface area contributed by atoms with Crippen LogP contribution in [0.5, 0.6) is 0 Å². The molecule has 9 nitrogen and oxygen atoms in total. The van der Waals surface area contributed by atoms with Crippen LogP contribution in [0.25, 0.3) is 0 Å². The summed E-state index contributed by atoms with van der Waals surface area (Å²) < 4.78 is 25.1. The molecule has 0 rings (SSSR count). The summed E-state index contributed by atoms with van der Waals surface area (Å²) in [5, 5.41) is 9.18. The van der Waals surface area contributed by atoms with Crippen LogP contribution < -0.4 is 0 Å². The highest BCUT2D eigenvalue weighted by Crippen LogP contribution is 2.18. The van der Waals surface area contributed by atoms with Crippen molar-refractivity contribution >= 4 is 17.9 Å². The first kappa shape index (κ1) is 20.8. The minimum absolute atomic E-state index is 0.0753. The number of hydrogen-bond acceptors (Lipinski definition) is 9. The molecule has 23 heavy (non-hydrogen) atoms. The van der Waals surface area contributed by atoms with Crippen molar-refractivity contribution in [1.29, 1.82) is 5.26 Å². The largest absolute Gasteiger partial charge is 0.457 e. The average molecular weight is 331 g/mol. The van der Waals surface area contributed by atoms with E-state index in [4.69, 9.17) is 23.7 Å². The van der Waals surface area contributed by atoms with Gasteiger partial charge in [0.2, 0.25) is 6.10 Å². The molecule has 0 radical (unpaired) electrons. The fraction of sp³-hybridized carbons (Fsp3) is 0.714. The first-order chi connectivity index (χ1) is 10.8. The summed E-state index contributed by atoms with van der Waals surface area (Å²) in [7, 11) is 2.65. The number of carbonyl (C=O) groups excluding carboxylic acids is 3. The smallest absolute Gasteiger partial charge is 0.304 e. The molecule has 0 N–H and O–H groups in total. The van der Waals surface area contributed by atoms with E-state index in [1.54, 1.807) is 6.07 Å². The Balaban J connectivity index is 5.56. The molecule has 0 aliphatic carbocycles. The highest BCUT2D eigenvalue weighted by Gasteiger charge is 2.41. The van der Waals surface area contributed by atoms with E-state index < -0.39 is 42.3 Å². The van der Waals surface area contributed by atoms with E-state index in [1.165, 1.54) is 21.1 Å². The van der Waals surface area contributed by atoms with Gasteiger partial charge in [-0.05, 0) is 0 Å². The summed E-state index contributed by atoms with van der Waals surface area (Å²) in [5.74, 6) is -2.07. The van der Waals surface area contributed by atoms with Crippen molar-refractivity contribution in [3.63, 3.8) is 0 Å². The van der Waals surface area contributed by atoms with Gasteiger partial charge in [-0.3, -0.25) is 14.4 Å². The lowest BCUT2D eigenvalue weighted by Gasteiger charge is -2.32. The molecule has 9 heteroatoms. The number of hydrogen-bond donors (Lipinski definition) is 0. The monoisotopic (exact) mass is 331 g/mol. The third kappa shape index (κ3) is 7.58. The first-order valence-corrected chi connectivity index (χ1v) is 6.69. The second-order valence-electron chi connectivity index (χ2n) is 4.54. The van der Waals surface area contributed by atoms with Crippen molar-refractivity contribution in [3.05, 3.63) is 0 Å². The van der Waals surface area contributed by atoms with Gasteiger partial charge in [-0.25, -0.2) is 0 Å². The number of nitrogens with zero attached hydrogens (tertiary/aromatic N) is 1. The van der Waals surface area contributed by atoms with Crippen LogP contribution in [0, 0.1) is 11.3 Å². The van der Waals surface area contributed by atoms with Crippen LogP contribution in [0.4, 0.5) is 0 Å². The van der Waals surface area contributed by atoms with Crippen molar-refractivity contribution in [2.45, 2.75) is 45.2 Å². The third-order valence-corrected chi connectivity index (χ3v) is 2.63. The Bertz CT molecular complexity index is 458. The summed E-state index contributed by atoms with van der Waals surface area (Å²) in [5.41, 5.74) is 0. The number of rotatable bonds is 9. The molecule has 0 aromatic rings. The van der Waals surface area contributed by atoms with Crippen LogP contribution in [-0.2, 0) is 38.1 Å². The summed E-state index contributed by atoms with van der Waals surface area (Å²) in [6.07, 6.45) is -4.79. The molecular weight excluding hydrogens is 310 g/mol. The van der Waals surface area contributed by atoms with E-state index in [-0.39, 0.29) is 6.61 Å². The zero-order chi connectivity index (χ0) is 18.0. The van der Waals surface area contributed by atoms with Gasteiger partial charge in [-0.2, -0.15) is 5.26 Å². The lowest BCUT2D eigenvalue weighted by atomic mass is 10.0. The maximum atomic E-state index is 11.3. The van der Waals surface area contributed by atoms with Crippen LogP contribution in [0.3, 0.4) is 0 Å². The van der Waals surface area contributed by atoms with Gasteiger partial charge in [0.05, 0.1) is 6.61 Å². The number of methoxy groups -OCH3 is 2. The van der Waals surface area contributed by atoms with Crippen LogP contribution in [0.15, 0.2) is 0 Å². The molecule has 0 saturated heterocycles. The van der Waals surface area contributed by atoms with Crippen molar-refractivity contribution in [2.75, 3.05) is 20.8 Å². The molecule has 0 spiro atoms. The van der Waals surface area contributed by atoms with Crippen molar-refractivity contribution in [1.82, 2.24) is 0 Å². The second-order valence-corrected chi connectivity index (χ2v) is 4.54. The van der Waals surface area contributed by atoms with Crippen molar-refractivity contribution in [2.24, 2.45) is 0 Å². The predicted molar refractivity (Wildman–Crippen MR) is 74.9 cm³/mol. The maximum Gasteiger partial charge on any atom is 0.304 e. The predicted octanol–water partition coefficient (Wildman–Crippen LogP) is -0.0335. The first-order valence-electron chi connectivity index (χ1n) is 6.69. The Hall–Kier alpha value is -2.18. The van der Waals surface area contributed by atoms with Gasteiger partial charge in [0.25, 0.3) is 0 Å². The molecule has 4 unspecified atom stereocenters. The molecule has 0 amide bonds. The minimum atomic E-state index is -1.43. The molecule has 4 atom stereocenters. The van der Waals surface area contributed by atoms with Crippen LogP contribution >= 0.6 is 0 Å². The Labute approximate surface area is 134 Å². The topological polar surface area (TPSA) is 121 Å². The molecule has 0 heterocycles. The molecule has 0 aliphatic heterocycles. The fourth-order valence-corrected chi connectivity index (χ4v) is 1.91. The maximum absolute atomic E-state index is 11.3. The van der Waals surface area contributed by atoms with Gasteiger partial charge >= 0.3 is 17.9 Å². The summed E-state index contributed by atoms with van der Waals surface area (Å²) >= 11 is 0. The molecular formula is C14H21NO8. The van der Waals surface area contributed by atoms with Gasteiger partial charge in [0, 0.05) is 35.0 Å². The number of ether oxygens (including phenoxy) is 5. The molecule has 0 saturated carbocycles. The Morgan fingerprint density at radius 2 is 1.43 bits per heavy atom. The Kier molecular flexibility index (Phi) is 9.53. The number of carbonyl (C=O) groups is 3. The van der Waals surface area contributed by atoms with Gasteiger partial charge in [0.1, 0.15) is 12.2 Å². The molecule has 0 aromatic carbocycles. The van der Waals surface area contributed by atoms with Crippen LogP contribution in [-0.4, -0.2) is 63.2 Å². The highest BCUT2D eigenvalue weighted by molar-refractivity contribution is 5.68. The Morgan fingerprint density at radius 1 is 0.913 bits per heavy atom. The SMILES string of the molecule is COCC(OC(C)=O)C(OC)C(OC(C)=O)C(C#N)OC(C)=O. The average Bonchev–Trinajstić information content (AvgIpc) is 2.43. The Morgan fingerprint density at radius 3 is 1.78 bits per heavy atom.